The number of hydrogen-bond donors (Lipinski definition) is 4. The second kappa shape index (κ2) is 19.0. The number of rotatable bonds is 13. The van der Waals surface area contributed by atoms with E-state index in [1.54, 1.807) is 31.1 Å². The Morgan fingerprint density at radius 2 is 1.14 bits per heavy atom. The van der Waals surface area contributed by atoms with Crippen molar-refractivity contribution in [3.63, 3.8) is 0 Å². The number of imidazole rings is 2. The number of likely N-dealkylation sites (tertiary alicyclic amines) is 2. The Hall–Kier alpha value is -6.26. The zero-order chi connectivity index (χ0) is 45.1. The van der Waals surface area contributed by atoms with Gasteiger partial charge in [0.25, 0.3) is 0 Å². The molecule has 0 aliphatic carbocycles. The van der Waals surface area contributed by atoms with E-state index in [4.69, 9.17) is 28.9 Å². The van der Waals surface area contributed by atoms with Crippen molar-refractivity contribution in [1.82, 2.24) is 40.4 Å². The Labute approximate surface area is 367 Å². The summed E-state index contributed by atoms with van der Waals surface area (Å²) >= 11 is 0. The van der Waals surface area contributed by atoms with E-state index in [2.05, 4.69) is 95.1 Å². The van der Waals surface area contributed by atoms with Gasteiger partial charge in [-0.25, -0.2) is 19.6 Å². The zero-order valence-electron chi connectivity index (χ0n) is 37.3. The van der Waals surface area contributed by atoms with Crippen LogP contribution in [0.2, 0.25) is 0 Å². The van der Waals surface area contributed by atoms with Crippen LogP contribution in [0.25, 0.3) is 44.4 Å². The molecule has 2 aliphatic rings. The number of methoxy groups -OCH3 is 4. The van der Waals surface area contributed by atoms with E-state index in [9.17, 15) is 19.2 Å². The molecule has 4 N–H and O–H groups in total. The summed E-state index contributed by atoms with van der Waals surface area (Å²) < 4.78 is 20.5. The van der Waals surface area contributed by atoms with Crippen LogP contribution in [-0.2, 0) is 28.5 Å². The molecule has 2 aromatic heterocycles. The minimum absolute atomic E-state index is 0.0914. The smallest absolute Gasteiger partial charge is 0.407 e. The highest BCUT2D eigenvalue weighted by Crippen LogP contribution is 2.41. The minimum Gasteiger partial charge on any atom is -0.453 e. The standard InChI is InChI=1S/C47H58N8O8/c1-25-18-38(54(24-25)44(56)40(28(4)60-6)52-46(58)62-8)42-48-22-36(50-42)31-12-10-30(11-13-31)32-14-15-34-21-35(17-16-33(34)20-32)37-23-49-43(51-37)39-19-26(2)27(3)55(39)45(57)41(29(5)61-7)53-47(59)63-9/h10-17,20-23,25-29,38-41H,18-19,24H2,1-9H3,(H,48,50)(H,49,51)(H,52,58)(H,53,59)/t25?,26-,27?,28-,29-,38+,39+,40+,41+/m1/s1. The first-order chi connectivity index (χ1) is 30.2. The lowest BCUT2D eigenvalue weighted by atomic mass is 9.98. The lowest BCUT2D eigenvalue weighted by molar-refractivity contribution is -0.140. The Balaban J connectivity index is 1.05. The quantitative estimate of drug-likeness (QED) is 0.0957. The van der Waals surface area contributed by atoms with Gasteiger partial charge in [-0.05, 0) is 85.0 Å². The van der Waals surface area contributed by atoms with Crippen LogP contribution in [0.1, 0.15) is 71.2 Å². The largest absolute Gasteiger partial charge is 0.453 e. The second-order valence-electron chi connectivity index (χ2n) is 16.9. The SMILES string of the molecule is COC(=O)N[C@H](C(=O)N1CC(C)C[C@H]1c1ncc(-c2ccc(-c3ccc4cc(-c5cnc([C@@H]6C[C@@H](C)C(C)N6C(=O)[C@@H](NC(=O)OC)[C@@H](C)OC)[nH]5)ccc4c3)cc2)[nH]1)[C@@H](C)OC. The summed E-state index contributed by atoms with van der Waals surface area (Å²) in [7, 11) is 5.53. The van der Waals surface area contributed by atoms with Gasteiger partial charge in [0.2, 0.25) is 11.8 Å². The van der Waals surface area contributed by atoms with Crippen LogP contribution in [0.5, 0.6) is 0 Å². The Morgan fingerprint density at radius 1 is 0.651 bits per heavy atom. The van der Waals surface area contributed by atoms with Gasteiger partial charge in [-0.3, -0.25) is 9.59 Å². The number of H-pyrrole nitrogens is 2. The maximum atomic E-state index is 14.0. The number of benzene rings is 3. The summed E-state index contributed by atoms with van der Waals surface area (Å²) in [5.74, 6) is 1.30. The monoisotopic (exact) mass is 862 g/mol. The molecule has 9 atom stereocenters. The maximum Gasteiger partial charge on any atom is 0.407 e. The molecule has 5 aromatic rings. The first-order valence-electron chi connectivity index (χ1n) is 21.4. The predicted molar refractivity (Wildman–Crippen MR) is 237 cm³/mol. The molecular weight excluding hydrogens is 805 g/mol. The fraction of sp³-hybridized carbons (Fsp3) is 0.447. The van der Waals surface area contributed by atoms with Crippen LogP contribution in [-0.4, -0.2) is 119 Å². The van der Waals surface area contributed by atoms with E-state index >= 15 is 0 Å². The highest BCUT2D eigenvalue weighted by atomic mass is 16.5. The average molecular weight is 863 g/mol. The third-order valence-electron chi connectivity index (χ3n) is 12.9. The van der Waals surface area contributed by atoms with E-state index in [0.29, 0.717) is 24.6 Å². The molecule has 2 aliphatic heterocycles. The van der Waals surface area contributed by atoms with Gasteiger partial charge in [-0.2, -0.15) is 0 Å². The molecule has 16 heteroatoms. The molecule has 2 unspecified atom stereocenters. The van der Waals surface area contributed by atoms with Gasteiger partial charge >= 0.3 is 12.2 Å². The van der Waals surface area contributed by atoms with E-state index in [0.717, 1.165) is 50.8 Å². The molecule has 4 heterocycles. The first-order valence-corrected chi connectivity index (χ1v) is 21.4. The number of aromatic amines is 2. The van der Waals surface area contributed by atoms with Crippen LogP contribution in [0.3, 0.4) is 0 Å². The number of ether oxygens (including phenoxy) is 4. The number of alkyl carbamates (subject to hydrolysis) is 2. The number of amides is 4. The fourth-order valence-electron chi connectivity index (χ4n) is 8.85. The summed E-state index contributed by atoms with van der Waals surface area (Å²) in [6.07, 6.45) is 2.50. The van der Waals surface area contributed by atoms with Gasteiger partial charge in [0.1, 0.15) is 23.7 Å². The highest BCUT2D eigenvalue weighted by molar-refractivity contribution is 5.91. The molecule has 2 fully saturated rings. The van der Waals surface area contributed by atoms with Crippen LogP contribution >= 0.6 is 0 Å². The van der Waals surface area contributed by atoms with Crippen molar-refractivity contribution in [3.8, 4) is 33.6 Å². The molecule has 4 amide bonds. The Bertz CT molecular complexity index is 2430. The third-order valence-corrected chi connectivity index (χ3v) is 12.9. The second-order valence-corrected chi connectivity index (χ2v) is 16.9. The number of nitrogens with zero attached hydrogens (tertiary/aromatic N) is 4. The molecule has 2 saturated heterocycles. The molecular formula is C47H58N8O8. The number of nitrogens with one attached hydrogen (secondary N) is 4. The van der Waals surface area contributed by atoms with Crippen LogP contribution in [0.15, 0.2) is 73.1 Å². The summed E-state index contributed by atoms with van der Waals surface area (Å²) in [5.41, 5.74) is 5.73. The summed E-state index contributed by atoms with van der Waals surface area (Å²) in [4.78, 5) is 72.2. The van der Waals surface area contributed by atoms with Gasteiger partial charge in [-0.1, -0.05) is 62.4 Å². The maximum absolute atomic E-state index is 14.0. The van der Waals surface area contributed by atoms with Crippen LogP contribution in [0.4, 0.5) is 9.59 Å². The molecule has 334 valence electrons. The lowest BCUT2D eigenvalue weighted by Gasteiger charge is -2.33. The highest BCUT2D eigenvalue weighted by Gasteiger charge is 2.45. The molecule has 0 bridgehead atoms. The van der Waals surface area contributed by atoms with Gasteiger partial charge in [0, 0.05) is 32.4 Å². The lowest BCUT2D eigenvalue weighted by Crippen LogP contribution is -2.55. The van der Waals surface area contributed by atoms with Crippen LogP contribution in [0, 0.1) is 11.8 Å². The van der Waals surface area contributed by atoms with Crippen molar-refractivity contribution in [2.24, 2.45) is 11.8 Å². The van der Waals surface area contributed by atoms with Gasteiger partial charge in [0.15, 0.2) is 0 Å². The van der Waals surface area contributed by atoms with Crippen LogP contribution < -0.4 is 10.6 Å². The van der Waals surface area contributed by atoms with Crippen molar-refractivity contribution in [3.05, 3.63) is 84.7 Å². The predicted octanol–water partition coefficient (Wildman–Crippen LogP) is 7.01. The van der Waals surface area contributed by atoms with Gasteiger partial charge in [-0.15, -0.1) is 0 Å². The fourth-order valence-corrected chi connectivity index (χ4v) is 8.85. The van der Waals surface area contributed by atoms with E-state index in [1.807, 2.05) is 11.8 Å². The van der Waals surface area contributed by atoms with E-state index in [1.165, 1.54) is 28.4 Å². The average Bonchev–Trinajstić information content (AvgIpc) is 4.13. The summed E-state index contributed by atoms with van der Waals surface area (Å²) in [6.45, 7) is 10.2. The Kier molecular flexibility index (Phi) is 13.5. The molecule has 16 nitrogen and oxygen atoms in total. The molecule has 0 spiro atoms. The number of hydrogen-bond acceptors (Lipinski definition) is 10. The first kappa shape index (κ1) is 44.8. The van der Waals surface area contributed by atoms with Gasteiger partial charge < -0.3 is 49.3 Å². The third kappa shape index (κ3) is 9.28. The normalized spacial score (nSPS) is 21.8. The van der Waals surface area contributed by atoms with Gasteiger partial charge in [0.05, 0.1) is 62.3 Å². The molecule has 0 radical (unpaired) electrons. The number of fused-ring (bicyclic) bond motifs is 1. The minimum atomic E-state index is -0.928. The molecule has 63 heavy (non-hydrogen) atoms. The number of carbonyl (C=O) groups excluding carboxylic acids is 4. The van der Waals surface area contributed by atoms with Crippen molar-refractivity contribution >= 4 is 34.8 Å². The molecule has 7 rings (SSSR count). The summed E-state index contributed by atoms with van der Waals surface area (Å²) in [5, 5.41) is 7.45. The molecule has 0 saturated carbocycles. The van der Waals surface area contributed by atoms with E-state index < -0.39 is 36.5 Å². The number of carbonyl (C=O) groups is 4. The number of aromatic nitrogens is 4. The van der Waals surface area contributed by atoms with Crippen molar-refractivity contribution in [2.75, 3.05) is 35.0 Å². The summed E-state index contributed by atoms with van der Waals surface area (Å²) in [6, 6.07) is 18.4. The van der Waals surface area contributed by atoms with E-state index in [-0.39, 0.29) is 41.8 Å². The molecule has 3 aromatic carbocycles. The van der Waals surface area contributed by atoms with Crippen molar-refractivity contribution in [2.45, 2.75) is 89.9 Å². The van der Waals surface area contributed by atoms with Crippen molar-refractivity contribution in [1.29, 1.82) is 0 Å². The topological polar surface area (TPSA) is 193 Å². The Morgan fingerprint density at radius 3 is 1.71 bits per heavy atom. The zero-order valence-corrected chi connectivity index (χ0v) is 37.3. The van der Waals surface area contributed by atoms with Crippen molar-refractivity contribution < 1.29 is 38.1 Å².